The van der Waals surface area contributed by atoms with Crippen LogP contribution in [0.4, 0.5) is 5.82 Å². The van der Waals surface area contributed by atoms with Gasteiger partial charge in [0.25, 0.3) is 0 Å². The molecule has 0 fully saturated rings. The lowest BCUT2D eigenvalue weighted by atomic mass is 10.0. The first-order valence-electron chi connectivity index (χ1n) is 6.28. The van der Waals surface area contributed by atoms with Crippen LogP contribution in [-0.4, -0.2) is 38.1 Å². The second kappa shape index (κ2) is 5.77. The molecule has 18 heavy (non-hydrogen) atoms. The van der Waals surface area contributed by atoms with E-state index < -0.39 is 0 Å². The fourth-order valence-corrected chi connectivity index (χ4v) is 1.86. The fraction of sp³-hybridized carbons (Fsp3) is 0.583. The molecule has 0 bridgehead atoms. The number of aromatic nitrogens is 4. The summed E-state index contributed by atoms with van der Waals surface area (Å²) in [6.45, 7) is 5.01. The Kier molecular flexibility index (Phi) is 4.09. The van der Waals surface area contributed by atoms with Gasteiger partial charge >= 0.3 is 0 Å². The highest BCUT2D eigenvalue weighted by molar-refractivity contribution is 5.43. The van der Waals surface area contributed by atoms with Gasteiger partial charge in [-0.15, -0.1) is 14.8 Å². The number of aliphatic hydroxyl groups is 1. The summed E-state index contributed by atoms with van der Waals surface area (Å²) in [5, 5.41) is 20.7. The molecule has 0 unspecified atom stereocenters. The molecule has 0 aliphatic heterocycles. The summed E-state index contributed by atoms with van der Waals surface area (Å²) in [4.78, 5) is 4.22. The molecule has 1 atom stereocenters. The molecular formula is C12H19N5O. The van der Waals surface area contributed by atoms with Crippen molar-refractivity contribution >= 4 is 11.5 Å². The highest BCUT2D eigenvalue weighted by atomic mass is 16.3. The van der Waals surface area contributed by atoms with Crippen molar-refractivity contribution in [1.82, 2.24) is 19.8 Å². The summed E-state index contributed by atoms with van der Waals surface area (Å²) >= 11 is 0. The first-order chi connectivity index (χ1) is 8.72. The number of rotatable bonds is 6. The monoisotopic (exact) mass is 249 g/mol. The summed E-state index contributed by atoms with van der Waals surface area (Å²) in [6.07, 6.45) is 1.85. The average molecular weight is 249 g/mol. The number of hydrogen-bond donors (Lipinski definition) is 2. The Balaban J connectivity index is 2.02. The molecule has 0 amide bonds. The molecule has 98 valence electrons. The Morgan fingerprint density at radius 1 is 1.39 bits per heavy atom. The maximum Gasteiger partial charge on any atom is 0.176 e. The Bertz CT molecular complexity index is 510. The van der Waals surface area contributed by atoms with Crippen molar-refractivity contribution in [2.45, 2.75) is 26.7 Å². The minimum Gasteiger partial charge on any atom is -0.396 e. The van der Waals surface area contributed by atoms with Gasteiger partial charge in [0.1, 0.15) is 11.6 Å². The van der Waals surface area contributed by atoms with Crippen molar-refractivity contribution in [2.24, 2.45) is 5.92 Å². The fourth-order valence-electron chi connectivity index (χ4n) is 1.86. The van der Waals surface area contributed by atoms with E-state index in [2.05, 4.69) is 27.4 Å². The zero-order valence-corrected chi connectivity index (χ0v) is 10.8. The summed E-state index contributed by atoms with van der Waals surface area (Å²) in [6, 6.07) is 3.79. The summed E-state index contributed by atoms with van der Waals surface area (Å²) in [5.41, 5.74) is 0.750. The van der Waals surface area contributed by atoms with Crippen molar-refractivity contribution in [3.05, 3.63) is 18.0 Å². The van der Waals surface area contributed by atoms with E-state index >= 15 is 0 Å². The van der Waals surface area contributed by atoms with E-state index in [1.807, 2.05) is 19.1 Å². The van der Waals surface area contributed by atoms with Gasteiger partial charge in [-0.2, -0.15) is 0 Å². The zero-order valence-electron chi connectivity index (χ0n) is 10.8. The maximum absolute atomic E-state index is 8.94. The molecule has 6 heteroatoms. The van der Waals surface area contributed by atoms with E-state index in [0.717, 1.165) is 30.9 Å². The SMILES string of the molecule is CC[C@H](CCO)CNc1ccc2nc(C)nn2n1. The van der Waals surface area contributed by atoms with Crippen LogP contribution < -0.4 is 5.32 Å². The van der Waals surface area contributed by atoms with Gasteiger partial charge in [0, 0.05) is 13.2 Å². The lowest BCUT2D eigenvalue weighted by molar-refractivity contribution is 0.258. The minimum atomic E-state index is 0.231. The summed E-state index contributed by atoms with van der Waals surface area (Å²) in [5.74, 6) is 1.96. The van der Waals surface area contributed by atoms with Crippen molar-refractivity contribution in [3.8, 4) is 0 Å². The molecule has 0 aliphatic carbocycles. The van der Waals surface area contributed by atoms with E-state index in [9.17, 15) is 0 Å². The molecule has 2 aromatic rings. The molecule has 6 nitrogen and oxygen atoms in total. The largest absolute Gasteiger partial charge is 0.396 e. The van der Waals surface area contributed by atoms with Gasteiger partial charge in [-0.3, -0.25) is 0 Å². The molecule has 2 rings (SSSR count). The smallest absolute Gasteiger partial charge is 0.176 e. The number of anilines is 1. The van der Waals surface area contributed by atoms with Gasteiger partial charge in [0.15, 0.2) is 5.65 Å². The van der Waals surface area contributed by atoms with Crippen molar-refractivity contribution < 1.29 is 5.11 Å². The minimum absolute atomic E-state index is 0.231. The van der Waals surface area contributed by atoms with E-state index in [1.165, 1.54) is 4.63 Å². The molecule has 2 aromatic heterocycles. The van der Waals surface area contributed by atoms with Crippen molar-refractivity contribution in [2.75, 3.05) is 18.5 Å². The number of aliphatic hydroxyl groups excluding tert-OH is 1. The Labute approximate surface area is 106 Å². The molecule has 0 spiro atoms. The second-order valence-electron chi connectivity index (χ2n) is 4.39. The van der Waals surface area contributed by atoms with E-state index in [-0.39, 0.29) is 6.61 Å². The van der Waals surface area contributed by atoms with Gasteiger partial charge in [0.2, 0.25) is 0 Å². The molecule has 0 saturated carbocycles. The third kappa shape index (κ3) is 2.95. The average Bonchev–Trinajstić information content (AvgIpc) is 2.73. The third-order valence-electron chi connectivity index (χ3n) is 3.00. The van der Waals surface area contributed by atoms with Crippen molar-refractivity contribution in [1.29, 1.82) is 0 Å². The normalized spacial score (nSPS) is 12.8. The van der Waals surface area contributed by atoms with Gasteiger partial charge in [-0.25, -0.2) is 4.98 Å². The van der Waals surface area contributed by atoms with Crippen LogP contribution in [0.25, 0.3) is 5.65 Å². The lowest BCUT2D eigenvalue weighted by Gasteiger charge is -2.14. The summed E-state index contributed by atoms with van der Waals surface area (Å²) < 4.78 is 1.53. The van der Waals surface area contributed by atoms with Crippen LogP contribution in [0.3, 0.4) is 0 Å². The standard InChI is InChI=1S/C12H19N5O/c1-3-10(6-7-18)8-13-11-4-5-12-14-9(2)15-17(12)16-11/h4-5,10,18H,3,6-8H2,1-2H3,(H,13,16)/t10-/m1/s1. The molecule has 0 aromatic carbocycles. The summed E-state index contributed by atoms with van der Waals surface area (Å²) in [7, 11) is 0. The van der Waals surface area contributed by atoms with Crippen LogP contribution in [0.1, 0.15) is 25.6 Å². The topological polar surface area (TPSA) is 75.3 Å². The van der Waals surface area contributed by atoms with Gasteiger partial charge < -0.3 is 10.4 Å². The maximum atomic E-state index is 8.94. The van der Waals surface area contributed by atoms with Crippen LogP contribution in [0.2, 0.25) is 0 Å². The number of hydrogen-bond acceptors (Lipinski definition) is 5. The molecular weight excluding hydrogens is 230 g/mol. The quantitative estimate of drug-likeness (QED) is 0.806. The van der Waals surface area contributed by atoms with Gasteiger partial charge in [-0.05, 0) is 31.4 Å². The molecule has 0 saturated heterocycles. The van der Waals surface area contributed by atoms with Crippen LogP contribution in [0.15, 0.2) is 12.1 Å². The predicted molar refractivity (Wildman–Crippen MR) is 69.5 cm³/mol. The van der Waals surface area contributed by atoms with Crippen LogP contribution in [0, 0.1) is 12.8 Å². The van der Waals surface area contributed by atoms with E-state index in [4.69, 9.17) is 5.11 Å². The van der Waals surface area contributed by atoms with Crippen molar-refractivity contribution in [3.63, 3.8) is 0 Å². The Morgan fingerprint density at radius 2 is 2.22 bits per heavy atom. The van der Waals surface area contributed by atoms with Crippen LogP contribution >= 0.6 is 0 Å². The molecule has 2 N–H and O–H groups in total. The molecule has 0 radical (unpaired) electrons. The predicted octanol–water partition coefficient (Wildman–Crippen LogP) is 1.25. The lowest BCUT2D eigenvalue weighted by Crippen LogP contribution is -2.16. The van der Waals surface area contributed by atoms with E-state index in [1.54, 1.807) is 0 Å². The van der Waals surface area contributed by atoms with Gasteiger partial charge in [0.05, 0.1) is 0 Å². The Hall–Kier alpha value is -1.69. The number of fused-ring (bicyclic) bond motifs is 1. The zero-order chi connectivity index (χ0) is 13.0. The highest BCUT2D eigenvalue weighted by Crippen LogP contribution is 2.10. The third-order valence-corrected chi connectivity index (χ3v) is 3.00. The van der Waals surface area contributed by atoms with Crippen LogP contribution in [-0.2, 0) is 0 Å². The molecule has 2 heterocycles. The molecule has 0 aliphatic rings. The Morgan fingerprint density at radius 3 is 2.94 bits per heavy atom. The van der Waals surface area contributed by atoms with Crippen LogP contribution in [0.5, 0.6) is 0 Å². The first kappa shape index (κ1) is 12.8. The van der Waals surface area contributed by atoms with Gasteiger partial charge in [-0.1, -0.05) is 13.3 Å². The number of nitrogens with zero attached hydrogens (tertiary/aromatic N) is 4. The number of aryl methyl sites for hydroxylation is 1. The first-order valence-corrected chi connectivity index (χ1v) is 6.28. The highest BCUT2D eigenvalue weighted by Gasteiger charge is 2.07. The second-order valence-corrected chi connectivity index (χ2v) is 4.39. The number of nitrogens with one attached hydrogen (secondary N) is 1. The van der Waals surface area contributed by atoms with E-state index in [0.29, 0.717) is 11.7 Å².